The van der Waals surface area contributed by atoms with Crippen LogP contribution in [0.5, 0.6) is 0 Å². The van der Waals surface area contributed by atoms with Gasteiger partial charge in [-0.05, 0) is 95.8 Å². The number of allylic oxidation sites excluding steroid dienone is 2. The van der Waals surface area contributed by atoms with Crippen LogP contribution in [0.15, 0.2) is 24.3 Å². The molecule has 0 heterocycles. The summed E-state index contributed by atoms with van der Waals surface area (Å²) < 4.78 is 5.53. The number of carbonyl (C=O) groups excluding carboxylic acids is 1. The van der Waals surface area contributed by atoms with Crippen LogP contribution < -0.4 is 0 Å². The van der Waals surface area contributed by atoms with Gasteiger partial charge in [-0.25, -0.2) is 0 Å². The number of hydrogen-bond acceptors (Lipinski definition) is 2. The second kappa shape index (κ2) is 8.75. The zero-order valence-corrected chi connectivity index (χ0v) is 20.5. The van der Waals surface area contributed by atoms with Crippen molar-refractivity contribution in [3.8, 4) is 0 Å². The fourth-order valence-electron chi connectivity index (χ4n) is 6.97. The number of esters is 1. The van der Waals surface area contributed by atoms with Crippen LogP contribution in [-0.4, -0.2) is 12.1 Å². The summed E-state index contributed by atoms with van der Waals surface area (Å²) >= 11 is 0. The Morgan fingerprint density at radius 2 is 1.84 bits per heavy atom. The second-order valence-corrected chi connectivity index (χ2v) is 11.3. The Morgan fingerprint density at radius 1 is 1.06 bits per heavy atom. The van der Waals surface area contributed by atoms with E-state index in [4.69, 9.17) is 4.74 Å². The van der Waals surface area contributed by atoms with Gasteiger partial charge in [0.1, 0.15) is 6.10 Å². The van der Waals surface area contributed by atoms with Crippen molar-refractivity contribution in [3.63, 3.8) is 0 Å². The minimum atomic E-state index is -0.148. The molecule has 4 rings (SSSR count). The van der Waals surface area contributed by atoms with E-state index in [0.717, 1.165) is 25.2 Å². The predicted octanol–water partition coefficient (Wildman–Crippen LogP) is 7.04. The normalized spacial score (nSPS) is 31.8. The third-order valence-corrected chi connectivity index (χ3v) is 9.16. The summed E-state index contributed by atoms with van der Waals surface area (Å²) in [6, 6.07) is 4.80. The lowest BCUT2D eigenvalue weighted by Crippen LogP contribution is -2.36. The van der Waals surface area contributed by atoms with Gasteiger partial charge in [-0.3, -0.25) is 4.79 Å². The van der Waals surface area contributed by atoms with Crippen LogP contribution in [0, 0.1) is 29.1 Å². The number of rotatable bonds is 5. The third kappa shape index (κ3) is 4.24. The number of carbonyl (C=O) groups is 1. The minimum absolute atomic E-state index is 0.0636. The van der Waals surface area contributed by atoms with E-state index < -0.39 is 0 Å². The standard InChI is InChI=1S/C29H42O2/c1-18(2)19(3)7-8-20(4)27-13-14-28-26-11-9-22-17-23(31-21(5)30)10-12-24(22)25(26)15-16-29(27,28)6/h7-9,11,18-20,23,27-28H,10,12-17H2,1-6H3/b8-7-. The van der Waals surface area contributed by atoms with E-state index in [1.807, 2.05) is 0 Å². The fraction of sp³-hybridized carbons (Fsp3) is 0.690. The molecule has 0 amide bonds. The first-order chi connectivity index (χ1) is 14.7. The molecular formula is C29H42O2. The van der Waals surface area contributed by atoms with Gasteiger partial charge in [0.2, 0.25) is 0 Å². The van der Waals surface area contributed by atoms with Crippen molar-refractivity contribution >= 4 is 5.97 Å². The van der Waals surface area contributed by atoms with Gasteiger partial charge in [-0.15, -0.1) is 0 Å². The van der Waals surface area contributed by atoms with E-state index in [2.05, 4.69) is 58.9 Å². The highest BCUT2D eigenvalue weighted by Crippen LogP contribution is 2.61. The molecule has 6 unspecified atom stereocenters. The first-order valence-corrected chi connectivity index (χ1v) is 12.7. The molecule has 1 saturated carbocycles. The maximum atomic E-state index is 11.4. The average molecular weight is 423 g/mol. The number of benzene rings is 1. The van der Waals surface area contributed by atoms with Crippen molar-refractivity contribution in [3.05, 3.63) is 46.5 Å². The molecule has 170 valence electrons. The van der Waals surface area contributed by atoms with Crippen molar-refractivity contribution in [2.45, 2.75) is 98.5 Å². The number of ether oxygens (including phenoxy) is 1. The largest absolute Gasteiger partial charge is 0.462 e. The van der Waals surface area contributed by atoms with Gasteiger partial charge in [0.05, 0.1) is 0 Å². The van der Waals surface area contributed by atoms with Crippen molar-refractivity contribution < 1.29 is 9.53 Å². The summed E-state index contributed by atoms with van der Waals surface area (Å²) in [5.74, 6) is 3.36. The molecule has 2 heteroatoms. The molecule has 2 nitrogen and oxygen atoms in total. The van der Waals surface area contributed by atoms with E-state index in [1.54, 1.807) is 16.7 Å². The van der Waals surface area contributed by atoms with Crippen LogP contribution in [0.1, 0.15) is 95.4 Å². The smallest absolute Gasteiger partial charge is 0.302 e. The van der Waals surface area contributed by atoms with Gasteiger partial charge in [0, 0.05) is 13.3 Å². The quantitative estimate of drug-likeness (QED) is 0.376. The van der Waals surface area contributed by atoms with Crippen molar-refractivity contribution in [2.24, 2.45) is 29.1 Å². The first kappa shape index (κ1) is 22.6. The molecule has 3 aliphatic carbocycles. The molecule has 3 aliphatic rings. The maximum Gasteiger partial charge on any atom is 0.302 e. The molecule has 31 heavy (non-hydrogen) atoms. The lowest BCUT2D eigenvalue weighted by atomic mass is 9.60. The molecule has 1 fully saturated rings. The van der Waals surface area contributed by atoms with Crippen molar-refractivity contribution in [1.82, 2.24) is 0 Å². The van der Waals surface area contributed by atoms with Crippen LogP contribution in [-0.2, 0) is 28.8 Å². The molecule has 6 atom stereocenters. The highest BCUT2D eigenvalue weighted by Gasteiger charge is 2.51. The molecule has 0 N–H and O–H groups in total. The molecule has 0 bridgehead atoms. The monoisotopic (exact) mass is 422 g/mol. The highest BCUT2D eigenvalue weighted by atomic mass is 16.5. The third-order valence-electron chi connectivity index (χ3n) is 9.16. The summed E-state index contributed by atoms with van der Waals surface area (Å²) in [4.78, 5) is 11.4. The summed E-state index contributed by atoms with van der Waals surface area (Å²) in [7, 11) is 0. The molecule has 1 aromatic carbocycles. The molecule has 1 aromatic rings. The van der Waals surface area contributed by atoms with Crippen LogP contribution >= 0.6 is 0 Å². The molecule has 0 radical (unpaired) electrons. The van der Waals surface area contributed by atoms with Gasteiger partial charge in [0.25, 0.3) is 0 Å². The Labute approximate surface area is 189 Å². The SMILES string of the molecule is CC(=O)OC1CCc2c(ccc3c2CCC2(C)C3CCC2C(C)/C=C\C(C)C(C)C)C1. The zero-order chi connectivity index (χ0) is 22.3. The molecular weight excluding hydrogens is 380 g/mol. The second-order valence-electron chi connectivity index (χ2n) is 11.3. The van der Waals surface area contributed by atoms with Gasteiger partial charge in [0.15, 0.2) is 0 Å². The van der Waals surface area contributed by atoms with Crippen molar-refractivity contribution in [2.75, 3.05) is 0 Å². The fourth-order valence-corrected chi connectivity index (χ4v) is 6.97. The molecule has 0 saturated heterocycles. The van der Waals surface area contributed by atoms with E-state index in [1.165, 1.54) is 38.2 Å². The van der Waals surface area contributed by atoms with Gasteiger partial charge in [-0.2, -0.15) is 0 Å². The average Bonchev–Trinajstić information content (AvgIpc) is 3.08. The lowest BCUT2D eigenvalue weighted by Gasteiger charge is -2.45. The molecule has 0 spiro atoms. The minimum Gasteiger partial charge on any atom is -0.462 e. The predicted molar refractivity (Wildman–Crippen MR) is 128 cm³/mol. The Balaban J connectivity index is 1.55. The van der Waals surface area contributed by atoms with E-state index in [-0.39, 0.29) is 12.1 Å². The van der Waals surface area contributed by atoms with Crippen LogP contribution in [0.25, 0.3) is 0 Å². The maximum absolute atomic E-state index is 11.4. The van der Waals surface area contributed by atoms with Gasteiger partial charge < -0.3 is 4.74 Å². The molecule has 0 aliphatic heterocycles. The number of hydrogen-bond donors (Lipinski definition) is 0. The summed E-state index contributed by atoms with van der Waals surface area (Å²) in [6.07, 6.45) is 13.2. The Hall–Kier alpha value is -1.57. The van der Waals surface area contributed by atoms with Crippen LogP contribution in [0.4, 0.5) is 0 Å². The Morgan fingerprint density at radius 3 is 2.55 bits per heavy atom. The summed E-state index contributed by atoms with van der Waals surface area (Å²) in [5, 5.41) is 0. The van der Waals surface area contributed by atoms with E-state index in [9.17, 15) is 4.79 Å². The van der Waals surface area contributed by atoms with E-state index >= 15 is 0 Å². The Bertz CT molecular complexity index is 851. The summed E-state index contributed by atoms with van der Waals surface area (Å²) in [5.41, 5.74) is 6.73. The number of fused-ring (bicyclic) bond motifs is 5. The zero-order valence-electron chi connectivity index (χ0n) is 20.5. The van der Waals surface area contributed by atoms with E-state index in [0.29, 0.717) is 29.1 Å². The van der Waals surface area contributed by atoms with Gasteiger partial charge >= 0.3 is 5.97 Å². The van der Waals surface area contributed by atoms with Crippen LogP contribution in [0.3, 0.4) is 0 Å². The molecule has 0 aromatic heterocycles. The van der Waals surface area contributed by atoms with Gasteiger partial charge in [-0.1, -0.05) is 58.9 Å². The topological polar surface area (TPSA) is 26.3 Å². The summed E-state index contributed by atoms with van der Waals surface area (Å²) in [6.45, 7) is 13.6. The highest BCUT2D eigenvalue weighted by molar-refractivity contribution is 5.66. The van der Waals surface area contributed by atoms with Crippen molar-refractivity contribution in [1.29, 1.82) is 0 Å². The Kier molecular flexibility index (Phi) is 6.39. The first-order valence-electron chi connectivity index (χ1n) is 12.7. The lowest BCUT2D eigenvalue weighted by molar-refractivity contribution is -0.146. The van der Waals surface area contributed by atoms with Crippen LogP contribution in [0.2, 0.25) is 0 Å².